The third kappa shape index (κ3) is 5.03. The predicted octanol–water partition coefficient (Wildman–Crippen LogP) is 3.96. The Morgan fingerprint density at radius 1 is 1.18 bits per heavy atom. The van der Waals surface area contributed by atoms with Gasteiger partial charge in [0.25, 0.3) is 5.56 Å². The van der Waals surface area contributed by atoms with Crippen LogP contribution in [0.4, 0.5) is 17.6 Å². The molecule has 3 aromatic rings. The van der Waals surface area contributed by atoms with Gasteiger partial charge in [-0.25, -0.2) is 4.39 Å². The average molecular weight is 459 g/mol. The van der Waals surface area contributed by atoms with Crippen molar-refractivity contribution >= 4 is 5.91 Å². The monoisotopic (exact) mass is 459 g/mol. The quantitative estimate of drug-likeness (QED) is 0.564. The number of amides is 1. The molecule has 0 radical (unpaired) electrons. The first-order valence-electron chi connectivity index (χ1n) is 9.63. The molecule has 0 saturated carbocycles. The van der Waals surface area contributed by atoms with E-state index in [9.17, 15) is 27.2 Å². The van der Waals surface area contributed by atoms with Crippen LogP contribution in [0.1, 0.15) is 23.6 Å². The number of benzene rings is 2. The number of halogens is 4. The van der Waals surface area contributed by atoms with Gasteiger partial charge in [0.15, 0.2) is 0 Å². The average Bonchev–Trinajstić information content (AvgIpc) is 2.74. The van der Waals surface area contributed by atoms with Crippen molar-refractivity contribution < 1.29 is 27.1 Å². The number of hydrogen-bond donors (Lipinski definition) is 1. The Morgan fingerprint density at radius 2 is 1.91 bits per heavy atom. The largest absolute Gasteiger partial charge is 0.493 e. The third-order valence-corrected chi connectivity index (χ3v) is 4.75. The zero-order valence-corrected chi connectivity index (χ0v) is 17.2. The number of carbonyl (C=O) groups excluding carboxylic acids is 1. The molecule has 2 N–H and O–H groups in total. The fourth-order valence-electron chi connectivity index (χ4n) is 3.27. The van der Waals surface area contributed by atoms with Crippen molar-refractivity contribution in [1.29, 1.82) is 5.26 Å². The summed E-state index contributed by atoms with van der Waals surface area (Å²) in [5, 5.41) is 8.99. The highest BCUT2D eigenvalue weighted by molar-refractivity contribution is 5.77. The van der Waals surface area contributed by atoms with E-state index in [0.717, 1.165) is 22.8 Å². The van der Waals surface area contributed by atoms with Crippen molar-refractivity contribution in [3.05, 3.63) is 81.5 Å². The molecule has 6 nitrogen and oxygen atoms in total. The van der Waals surface area contributed by atoms with Crippen molar-refractivity contribution in [3.8, 4) is 28.6 Å². The van der Waals surface area contributed by atoms with Crippen molar-refractivity contribution in [3.63, 3.8) is 0 Å². The van der Waals surface area contributed by atoms with E-state index in [1.54, 1.807) is 6.92 Å². The number of rotatable bonds is 6. The van der Waals surface area contributed by atoms with Gasteiger partial charge in [0.05, 0.1) is 30.2 Å². The van der Waals surface area contributed by atoms with Gasteiger partial charge in [-0.15, -0.1) is 0 Å². The maximum absolute atomic E-state index is 14.5. The van der Waals surface area contributed by atoms with E-state index in [-0.39, 0.29) is 41.2 Å². The standard InChI is InChI=1S/C23H17F4N3O3/c1-2-33-20-10-22(32)30(16-6-5-15(11-28)18(9-16)23(25,26)27)12-17(20)13-3-4-14(8-21(29)31)19(24)7-13/h3-7,9-10,12H,2,8H2,1H3,(H2,29,31). The molecule has 2 aromatic carbocycles. The first kappa shape index (κ1) is 23.5. The second-order valence-corrected chi connectivity index (χ2v) is 6.98. The summed E-state index contributed by atoms with van der Waals surface area (Å²) in [4.78, 5) is 23.8. The molecular formula is C23H17F4N3O3. The molecule has 0 saturated heterocycles. The topological polar surface area (TPSA) is 98.1 Å². The molecule has 1 amide bonds. The number of hydrogen-bond acceptors (Lipinski definition) is 4. The van der Waals surface area contributed by atoms with Crippen LogP contribution in [0, 0.1) is 17.1 Å². The second kappa shape index (κ2) is 9.16. The molecular weight excluding hydrogens is 442 g/mol. The van der Waals surface area contributed by atoms with Gasteiger partial charge in [-0.1, -0.05) is 12.1 Å². The highest BCUT2D eigenvalue weighted by Crippen LogP contribution is 2.34. The molecule has 33 heavy (non-hydrogen) atoms. The molecule has 0 fully saturated rings. The zero-order chi connectivity index (χ0) is 24.3. The smallest absolute Gasteiger partial charge is 0.417 e. The predicted molar refractivity (Wildman–Crippen MR) is 111 cm³/mol. The summed E-state index contributed by atoms with van der Waals surface area (Å²) >= 11 is 0. The lowest BCUT2D eigenvalue weighted by molar-refractivity contribution is -0.137. The second-order valence-electron chi connectivity index (χ2n) is 6.98. The maximum Gasteiger partial charge on any atom is 0.417 e. The van der Waals surface area contributed by atoms with Crippen molar-refractivity contribution in [2.75, 3.05) is 6.61 Å². The van der Waals surface area contributed by atoms with E-state index in [0.29, 0.717) is 6.07 Å². The molecule has 0 aliphatic heterocycles. The fourth-order valence-corrected chi connectivity index (χ4v) is 3.27. The van der Waals surface area contributed by atoms with Crippen LogP contribution >= 0.6 is 0 Å². The number of nitrogens with zero attached hydrogens (tertiary/aromatic N) is 2. The van der Waals surface area contributed by atoms with Crippen LogP contribution in [0.25, 0.3) is 16.8 Å². The lowest BCUT2D eigenvalue weighted by Gasteiger charge is -2.16. The van der Waals surface area contributed by atoms with Crippen molar-refractivity contribution in [1.82, 2.24) is 4.57 Å². The molecule has 0 aliphatic carbocycles. The Labute approximate surface area is 185 Å². The summed E-state index contributed by atoms with van der Waals surface area (Å²) in [7, 11) is 0. The third-order valence-electron chi connectivity index (χ3n) is 4.75. The lowest BCUT2D eigenvalue weighted by atomic mass is 10.0. The Hall–Kier alpha value is -4.13. The highest BCUT2D eigenvalue weighted by atomic mass is 19.4. The van der Waals surface area contributed by atoms with Crippen LogP contribution in [0.5, 0.6) is 5.75 Å². The molecule has 10 heteroatoms. The molecule has 3 rings (SSSR count). The van der Waals surface area contributed by atoms with Gasteiger partial charge in [0.1, 0.15) is 11.6 Å². The summed E-state index contributed by atoms with van der Waals surface area (Å²) in [6.45, 7) is 1.84. The van der Waals surface area contributed by atoms with E-state index < -0.39 is 34.6 Å². The minimum atomic E-state index is -4.81. The number of primary amides is 1. The van der Waals surface area contributed by atoms with E-state index >= 15 is 0 Å². The summed E-state index contributed by atoms with van der Waals surface area (Å²) in [6, 6.07) is 9.38. The highest BCUT2D eigenvalue weighted by Gasteiger charge is 2.34. The van der Waals surface area contributed by atoms with Gasteiger partial charge in [0, 0.05) is 23.5 Å². The number of ether oxygens (including phenoxy) is 1. The number of nitrogens with two attached hydrogens (primary N) is 1. The van der Waals surface area contributed by atoms with Crippen LogP contribution in [0.3, 0.4) is 0 Å². The van der Waals surface area contributed by atoms with Crippen molar-refractivity contribution in [2.45, 2.75) is 19.5 Å². The fraction of sp³-hybridized carbons (Fsp3) is 0.174. The van der Waals surface area contributed by atoms with Crippen LogP contribution in [-0.2, 0) is 17.4 Å². The van der Waals surface area contributed by atoms with Crippen molar-refractivity contribution in [2.24, 2.45) is 5.73 Å². The van der Waals surface area contributed by atoms with Gasteiger partial charge in [-0.05, 0) is 42.3 Å². The Balaban J connectivity index is 2.21. The number of pyridine rings is 1. The molecule has 0 spiro atoms. The Kier molecular flexibility index (Phi) is 6.53. The number of aromatic nitrogens is 1. The summed E-state index contributed by atoms with van der Waals surface area (Å²) in [5.74, 6) is -1.33. The van der Waals surface area contributed by atoms with Crippen LogP contribution in [0.15, 0.2) is 53.5 Å². The van der Waals surface area contributed by atoms with Crippen LogP contribution in [0.2, 0.25) is 0 Å². The molecule has 0 aliphatic rings. The van der Waals surface area contributed by atoms with Gasteiger partial charge in [0.2, 0.25) is 5.91 Å². The number of alkyl halides is 3. The van der Waals surface area contributed by atoms with Gasteiger partial charge in [-0.2, -0.15) is 18.4 Å². The molecule has 0 bridgehead atoms. The van der Waals surface area contributed by atoms with Gasteiger partial charge in [-0.3, -0.25) is 14.2 Å². The number of nitriles is 1. The molecule has 0 unspecified atom stereocenters. The Bertz CT molecular complexity index is 1320. The zero-order valence-electron chi connectivity index (χ0n) is 17.2. The lowest BCUT2D eigenvalue weighted by Crippen LogP contribution is -2.19. The SMILES string of the molecule is CCOc1cc(=O)n(-c2ccc(C#N)c(C(F)(F)F)c2)cc1-c1ccc(CC(N)=O)c(F)c1. The van der Waals surface area contributed by atoms with Gasteiger partial charge < -0.3 is 10.5 Å². The summed E-state index contributed by atoms with van der Waals surface area (Å²) in [6.07, 6.45) is -3.88. The first-order valence-corrected chi connectivity index (χ1v) is 9.63. The normalized spacial score (nSPS) is 11.2. The van der Waals surface area contributed by atoms with Crippen LogP contribution in [-0.4, -0.2) is 17.1 Å². The van der Waals surface area contributed by atoms with E-state index in [1.165, 1.54) is 30.5 Å². The van der Waals surface area contributed by atoms with Crippen LogP contribution < -0.4 is 16.0 Å². The molecule has 0 atom stereocenters. The molecule has 1 heterocycles. The molecule has 170 valence electrons. The van der Waals surface area contributed by atoms with Gasteiger partial charge >= 0.3 is 6.18 Å². The maximum atomic E-state index is 14.5. The number of carbonyl (C=O) groups is 1. The first-order chi connectivity index (χ1) is 15.5. The Morgan fingerprint density at radius 3 is 2.48 bits per heavy atom. The van der Waals surface area contributed by atoms with E-state index in [1.807, 2.05) is 0 Å². The minimum Gasteiger partial charge on any atom is -0.493 e. The van der Waals surface area contributed by atoms with E-state index in [4.69, 9.17) is 15.7 Å². The minimum absolute atomic E-state index is 0.0689. The molecule has 1 aromatic heterocycles. The summed E-state index contributed by atoms with van der Waals surface area (Å²) < 4.78 is 61.1. The summed E-state index contributed by atoms with van der Waals surface area (Å²) in [5.41, 5.74) is 3.08. The van der Waals surface area contributed by atoms with E-state index in [2.05, 4.69) is 0 Å².